The average molecular weight is 312 g/mol. The lowest BCUT2D eigenvalue weighted by molar-refractivity contribution is -0.122. The Bertz CT molecular complexity index is 508. The van der Waals surface area contributed by atoms with E-state index in [1.807, 2.05) is 12.1 Å². The Morgan fingerprint density at radius 3 is 2.38 bits per heavy atom. The molecule has 1 aliphatic heterocycles. The molecule has 0 aromatic heterocycles. The van der Waals surface area contributed by atoms with E-state index in [1.54, 1.807) is 26.0 Å². The van der Waals surface area contributed by atoms with Gasteiger partial charge in [-0.3, -0.25) is 9.59 Å². The number of anilines is 1. The van der Waals surface area contributed by atoms with E-state index < -0.39 is 5.41 Å². The lowest BCUT2D eigenvalue weighted by atomic mass is 9.84. The lowest BCUT2D eigenvalue weighted by Crippen LogP contribution is -2.36. The van der Waals surface area contributed by atoms with E-state index >= 15 is 0 Å². The maximum Gasteiger partial charge on any atom is 0.241 e. The normalized spacial score (nSPS) is 17.9. The number of amides is 2. The predicted molar refractivity (Wildman–Crippen MR) is 85.6 cm³/mol. The number of hydrogen-bond acceptors (Lipinski definition) is 3. The molecule has 6 heteroatoms. The Hall–Kier alpha value is -1.59. The van der Waals surface area contributed by atoms with E-state index in [1.165, 1.54) is 0 Å². The number of primary amides is 1. The summed E-state index contributed by atoms with van der Waals surface area (Å²) in [7, 11) is 0. The van der Waals surface area contributed by atoms with Gasteiger partial charge in [-0.05, 0) is 50.9 Å². The molecule has 1 heterocycles. The molecule has 1 unspecified atom stereocenters. The Balaban J connectivity index is 0.00000220. The van der Waals surface area contributed by atoms with Crippen LogP contribution >= 0.6 is 12.4 Å². The zero-order valence-electron chi connectivity index (χ0n) is 12.3. The van der Waals surface area contributed by atoms with Crippen LogP contribution in [0.4, 0.5) is 5.69 Å². The molecular formula is C15H22ClN3O2. The zero-order chi connectivity index (χ0) is 14.8. The number of carbonyl (C=O) groups excluding carboxylic acids is 2. The van der Waals surface area contributed by atoms with Crippen molar-refractivity contribution in [2.24, 2.45) is 5.73 Å². The van der Waals surface area contributed by atoms with Crippen LogP contribution in [0.3, 0.4) is 0 Å². The third-order valence-electron chi connectivity index (χ3n) is 3.87. The SMILES string of the molecule is CC(C)(C(N)=O)c1ccc(NC(=O)C2CCCN2)cc1.Cl. The molecule has 2 amide bonds. The third-order valence-corrected chi connectivity index (χ3v) is 3.87. The highest BCUT2D eigenvalue weighted by atomic mass is 35.5. The number of nitrogens with two attached hydrogens (primary N) is 1. The van der Waals surface area contributed by atoms with Gasteiger partial charge in [0.2, 0.25) is 11.8 Å². The van der Waals surface area contributed by atoms with Crippen molar-refractivity contribution in [1.82, 2.24) is 5.32 Å². The molecule has 1 atom stereocenters. The highest BCUT2D eigenvalue weighted by Gasteiger charge is 2.27. The summed E-state index contributed by atoms with van der Waals surface area (Å²) in [4.78, 5) is 23.4. The van der Waals surface area contributed by atoms with Crippen molar-refractivity contribution in [3.8, 4) is 0 Å². The summed E-state index contributed by atoms with van der Waals surface area (Å²) in [6.07, 6.45) is 1.91. The molecule has 0 bridgehead atoms. The summed E-state index contributed by atoms with van der Waals surface area (Å²) in [5.41, 5.74) is 6.24. The Labute approximate surface area is 131 Å². The summed E-state index contributed by atoms with van der Waals surface area (Å²) in [6.45, 7) is 4.46. The summed E-state index contributed by atoms with van der Waals surface area (Å²) in [5.74, 6) is -0.381. The first kappa shape index (κ1) is 17.5. The van der Waals surface area contributed by atoms with Crippen LogP contribution in [0.15, 0.2) is 24.3 Å². The van der Waals surface area contributed by atoms with E-state index in [9.17, 15) is 9.59 Å². The van der Waals surface area contributed by atoms with Gasteiger partial charge in [0.25, 0.3) is 0 Å². The summed E-state index contributed by atoms with van der Waals surface area (Å²) in [5, 5.41) is 6.03. The molecule has 4 N–H and O–H groups in total. The van der Waals surface area contributed by atoms with Gasteiger partial charge in [-0.25, -0.2) is 0 Å². The van der Waals surface area contributed by atoms with E-state index in [-0.39, 0.29) is 30.3 Å². The van der Waals surface area contributed by atoms with Crippen LogP contribution in [0, 0.1) is 0 Å². The van der Waals surface area contributed by atoms with Gasteiger partial charge in [-0.1, -0.05) is 12.1 Å². The Kier molecular flexibility index (Phi) is 5.75. The van der Waals surface area contributed by atoms with Crippen molar-refractivity contribution in [2.45, 2.75) is 38.1 Å². The molecule has 1 aromatic carbocycles. The molecule has 0 aliphatic carbocycles. The highest BCUT2D eigenvalue weighted by Crippen LogP contribution is 2.24. The molecule has 0 saturated carbocycles. The van der Waals surface area contributed by atoms with Crippen LogP contribution in [0.5, 0.6) is 0 Å². The number of carbonyl (C=O) groups is 2. The van der Waals surface area contributed by atoms with Crippen LogP contribution < -0.4 is 16.4 Å². The molecule has 1 fully saturated rings. The highest BCUT2D eigenvalue weighted by molar-refractivity contribution is 5.95. The van der Waals surface area contributed by atoms with Gasteiger partial charge >= 0.3 is 0 Å². The second-order valence-electron chi connectivity index (χ2n) is 5.70. The number of benzene rings is 1. The smallest absolute Gasteiger partial charge is 0.241 e. The standard InChI is InChI=1S/C15H21N3O2.ClH/c1-15(2,14(16)20)10-5-7-11(8-6-10)18-13(19)12-4-3-9-17-12;/h5-8,12,17H,3-4,9H2,1-2H3,(H2,16,20)(H,18,19);1H. The van der Waals surface area contributed by atoms with Gasteiger partial charge in [0.05, 0.1) is 11.5 Å². The first-order chi connectivity index (χ1) is 9.41. The fraction of sp³-hybridized carbons (Fsp3) is 0.467. The summed E-state index contributed by atoms with van der Waals surface area (Å²) >= 11 is 0. The minimum Gasteiger partial charge on any atom is -0.369 e. The van der Waals surface area contributed by atoms with Crippen LogP contribution in [0.1, 0.15) is 32.3 Å². The minimum atomic E-state index is -0.713. The molecule has 5 nitrogen and oxygen atoms in total. The van der Waals surface area contributed by atoms with E-state index in [0.29, 0.717) is 0 Å². The van der Waals surface area contributed by atoms with Crippen molar-refractivity contribution < 1.29 is 9.59 Å². The van der Waals surface area contributed by atoms with Crippen molar-refractivity contribution in [1.29, 1.82) is 0 Å². The van der Waals surface area contributed by atoms with Gasteiger partial charge in [-0.15, -0.1) is 12.4 Å². The molecule has 21 heavy (non-hydrogen) atoms. The van der Waals surface area contributed by atoms with E-state index in [0.717, 1.165) is 30.6 Å². The van der Waals surface area contributed by atoms with Crippen LogP contribution in [-0.4, -0.2) is 24.4 Å². The first-order valence-electron chi connectivity index (χ1n) is 6.86. The molecule has 2 rings (SSSR count). The first-order valence-corrected chi connectivity index (χ1v) is 6.86. The predicted octanol–water partition coefficient (Wildman–Crippen LogP) is 1.56. The fourth-order valence-corrected chi connectivity index (χ4v) is 2.25. The number of hydrogen-bond donors (Lipinski definition) is 3. The lowest BCUT2D eigenvalue weighted by Gasteiger charge is -2.21. The summed E-state index contributed by atoms with van der Waals surface area (Å²) in [6, 6.07) is 7.14. The Morgan fingerprint density at radius 1 is 1.29 bits per heavy atom. The van der Waals surface area contributed by atoms with Gasteiger partial charge in [0, 0.05) is 5.69 Å². The van der Waals surface area contributed by atoms with Crippen LogP contribution in [-0.2, 0) is 15.0 Å². The molecule has 1 saturated heterocycles. The second kappa shape index (κ2) is 6.91. The largest absolute Gasteiger partial charge is 0.369 e. The second-order valence-corrected chi connectivity index (χ2v) is 5.70. The molecule has 0 spiro atoms. The van der Waals surface area contributed by atoms with E-state index in [4.69, 9.17) is 5.73 Å². The van der Waals surface area contributed by atoms with Crippen LogP contribution in [0.25, 0.3) is 0 Å². The monoisotopic (exact) mass is 311 g/mol. The third kappa shape index (κ3) is 3.95. The van der Waals surface area contributed by atoms with Crippen molar-refractivity contribution in [3.63, 3.8) is 0 Å². The fourth-order valence-electron chi connectivity index (χ4n) is 2.25. The van der Waals surface area contributed by atoms with Crippen molar-refractivity contribution >= 4 is 29.9 Å². The minimum absolute atomic E-state index is 0. The summed E-state index contributed by atoms with van der Waals surface area (Å²) < 4.78 is 0. The van der Waals surface area contributed by atoms with Gasteiger partial charge in [0.1, 0.15) is 0 Å². The van der Waals surface area contributed by atoms with Gasteiger partial charge in [0.15, 0.2) is 0 Å². The quantitative estimate of drug-likeness (QED) is 0.789. The zero-order valence-corrected chi connectivity index (χ0v) is 13.1. The van der Waals surface area contributed by atoms with Crippen molar-refractivity contribution in [3.05, 3.63) is 29.8 Å². The number of nitrogens with one attached hydrogen (secondary N) is 2. The average Bonchev–Trinajstić information content (AvgIpc) is 2.93. The van der Waals surface area contributed by atoms with Crippen molar-refractivity contribution in [2.75, 3.05) is 11.9 Å². The molecule has 1 aromatic rings. The maximum atomic E-state index is 12.0. The number of rotatable bonds is 4. The topological polar surface area (TPSA) is 84.2 Å². The maximum absolute atomic E-state index is 12.0. The Morgan fingerprint density at radius 2 is 1.90 bits per heavy atom. The molecular weight excluding hydrogens is 290 g/mol. The van der Waals surface area contributed by atoms with Gasteiger partial charge in [-0.2, -0.15) is 0 Å². The molecule has 0 radical (unpaired) electrons. The molecule has 116 valence electrons. The molecule has 1 aliphatic rings. The van der Waals surface area contributed by atoms with Crippen LogP contribution in [0.2, 0.25) is 0 Å². The van der Waals surface area contributed by atoms with Gasteiger partial charge < -0.3 is 16.4 Å². The van der Waals surface area contributed by atoms with E-state index in [2.05, 4.69) is 10.6 Å². The number of halogens is 1.